The number of nitrogens with zero attached hydrogens (tertiary/aromatic N) is 3. The number of benzene rings is 3. The SMILES string of the molecule is Oc1ccc(-c2nc3ccc(-c4nc5ccc(C6=NCCN6)cc5[nH]4)cc3[nH]2)cc1. The predicted molar refractivity (Wildman–Crippen MR) is 118 cm³/mol. The van der Waals surface area contributed by atoms with E-state index in [-0.39, 0.29) is 5.75 Å². The molecule has 1 aliphatic heterocycles. The first-order valence-electron chi connectivity index (χ1n) is 9.81. The van der Waals surface area contributed by atoms with E-state index in [1.807, 2.05) is 42.5 Å². The van der Waals surface area contributed by atoms with Gasteiger partial charge in [-0.15, -0.1) is 0 Å². The minimum absolute atomic E-state index is 0.237. The molecule has 0 saturated carbocycles. The number of hydrogen-bond acceptors (Lipinski definition) is 5. The first-order chi connectivity index (χ1) is 14.7. The van der Waals surface area contributed by atoms with Crippen LogP contribution in [0.2, 0.25) is 0 Å². The van der Waals surface area contributed by atoms with Gasteiger partial charge in [0.15, 0.2) is 0 Å². The Labute approximate surface area is 171 Å². The third-order valence-electron chi connectivity index (χ3n) is 5.33. The lowest BCUT2D eigenvalue weighted by Crippen LogP contribution is -2.19. The van der Waals surface area contributed by atoms with Crippen LogP contribution in [-0.2, 0) is 0 Å². The number of fused-ring (bicyclic) bond motifs is 2. The Kier molecular flexibility index (Phi) is 3.61. The first-order valence-corrected chi connectivity index (χ1v) is 9.81. The molecule has 146 valence electrons. The molecule has 4 N–H and O–H groups in total. The lowest BCUT2D eigenvalue weighted by atomic mass is 10.2. The van der Waals surface area contributed by atoms with E-state index in [4.69, 9.17) is 4.98 Å². The van der Waals surface area contributed by atoms with Crippen molar-refractivity contribution in [3.8, 4) is 28.5 Å². The molecule has 1 aliphatic rings. The lowest BCUT2D eigenvalue weighted by Gasteiger charge is -2.01. The summed E-state index contributed by atoms with van der Waals surface area (Å²) in [6.07, 6.45) is 0. The number of aromatic amines is 2. The summed E-state index contributed by atoms with van der Waals surface area (Å²) in [6, 6.07) is 19.2. The van der Waals surface area contributed by atoms with E-state index in [2.05, 4.69) is 31.3 Å². The van der Waals surface area contributed by atoms with Gasteiger partial charge in [-0.25, -0.2) is 9.97 Å². The number of aliphatic imine (C=N–C) groups is 1. The van der Waals surface area contributed by atoms with Crippen LogP contribution < -0.4 is 5.32 Å². The van der Waals surface area contributed by atoms with Crippen molar-refractivity contribution < 1.29 is 5.11 Å². The van der Waals surface area contributed by atoms with Gasteiger partial charge in [-0.1, -0.05) is 0 Å². The fourth-order valence-corrected chi connectivity index (χ4v) is 3.80. The number of rotatable bonds is 3. The maximum Gasteiger partial charge on any atom is 0.138 e. The number of imidazole rings is 2. The van der Waals surface area contributed by atoms with E-state index in [1.54, 1.807) is 12.1 Å². The second-order valence-electron chi connectivity index (χ2n) is 7.34. The fourth-order valence-electron chi connectivity index (χ4n) is 3.80. The van der Waals surface area contributed by atoms with E-state index < -0.39 is 0 Å². The monoisotopic (exact) mass is 394 g/mol. The lowest BCUT2D eigenvalue weighted by molar-refractivity contribution is 0.475. The van der Waals surface area contributed by atoms with Gasteiger partial charge in [0.2, 0.25) is 0 Å². The molecule has 2 aromatic heterocycles. The van der Waals surface area contributed by atoms with Gasteiger partial charge in [-0.05, 0) is 60.7 Å². The standard InChI is InChI=1S/C23H18N6O/c30-16-5-1-13(2-6-16)22-26-17-8-4-15(12-20(17)28-22)23-27-18-7-3-14(11-19(18)29-23)21-24-9-10-25-21/h1-8,11-12,30H,9-10H2,(H,24,25)(H,26,28)(H,27,29). The molecule has 30 heavy (non-hydrogen) atoms. The summed E-state index contributed by atoms with van der Waals surface area (Å²) in [5.74, 6) is 2.75. The Hall–Kier alpha value is -4.13. The van der Waals surface area contributed by atoms with Crippen molar-refractivity contribution in [2.75, 3.05) is 13.1 Å². The molecule has 7 heteroatoms. The molecule has 0 aliphatic carbocycles. The van der Waals surface area contributed by atoms with Gasteiger partial charge in [-0.3, -0.25) is 4.99 Å². The average molecular weight is 394 g/mol. The van der Waals surface area contributed by atoms with Crippen LogP contribution in [0.15, 0.2) is 65.7 Å². The molecular formula is C23H18N6O. The zero-order valence-corrected chi connectivity index (χ0v) is 16.0. The maximum absolute atomic E-state index is 9.49. The quantitative estimate of drug-likeness (QED) is 0.373. The summed E-state index contributed by atoms with van der Waals surface area (Å²) >= 11 is 0. The number of aromatic nitrogens is 4. The van der Waals surface area contributed by atoms with Crippen molar-refractivity contribution in [2.24, 2.45) is 4.99 Å². The van der Waals surface area contributed by atoms with Gasteiger partial charge in [0, 0.05) is 23.2 Å². The molecular weight excluding hydrogens is 376 g/mol. The number of amidine groups is 1. The highest BCUT2D eigenvalue weighted by molar-refractivity contribution is 6.02. The second kappa shape index (κ2) is 6.45. The van der Waals surface area contributed by atoms with Gasteiger partial charge >= 0.3 is 0 Å². The van der Waals surface area contributed by atoms with Crippen molar-refractivity contribution in [2.45, 2.75) is 0 Å². The highest BCUT2D eigenvalue weighted by Crippen LogP contribution is 2.27. The van der Waals surface area contributed by atoms with Crippen LogP contribution in [0.5, 0.6) is 5.75 Å². The number of phenols is 1. The number of aromatic hydroxyl groups is 1. The molecule has 0 atom stereocenters. The maximum atomic E-state index is 9.49. The highest BCUT2D eigenvalue weighted by atomic mass is 16.3. The summed E-state index contributed by atoms with van der Waals surface area (Å²) in [6.45, 7) is 1.70. The Morgan fingerprint density at radius 3 is 1.97 bits per heavy atom. The number of hydrogen-bond donors (Lipinski definition) is 4. The highest BCUT2D eigenvalue weighted by Gasteiger charge is 2.12. The molecule has 3 aromatic carbocycles. The topological polar surface area (TPSA) is 102 Å². The molecule has 6 rings (SSSR count). The molecule has 0 amide bonds. The van der Waals surface area contributed by atoms with Crippen molar-refractivity contribution >= 4 is 27.9 Å². The van der Waals surface area contributed by atoms with Crippen LogP contribution in [-0.4, -0.2) is 44.0 Å². The molecule has 0 fully saturated rings. The smallest absolute Gasteiger partial charge is 0.138 e. The summed E-state index contributed by atoms with van der Waals surface area (Å²) in [7, 11) is 0. The molecule has 7 nitrogen and oxygen atoms in total. The molecule has 0 radical (unpaired) electrons. The Balaban J connectivity index is 1.38. The normalized spacial score (nSPS) is 13.7. The van der Waals surface area contributed by atoms with E-state index in [9.17, 15) is 5.11 Å². The van der Waals surface area contributed by atoms with Crippen LogP contribution in [0.3, 0.4) is 0 Å². The molecule has 0 spiro atoms. The van der Waals surface area contributed by atoms with Crippen LogP contribution >= 0.6 is 0 Å². The van der Waals surface area contributed by atoms with Crippen LogP contribution in [0.1, 0.15) is 5.56 Å². The summed E-state index contributed by atoms with van der Waals surface area (Å²) in [5, 5.41) is 12.8. The second-order valence-corrected chi connectivity index (χ2v) is 7.34. The van der Waals surface area contributed by atoms with Gasteiger partial charge in [-0.2, -0.15) is 0 Å². The molecule has 5 aromatic rings. The number of nitrogens with one attached hydrogen (secondary N) is 3. The van der Waals surface area contributed by atoms with Gasteiger partial charge in [0.05, 0.1) is 28.6 Å². The zero-order chi connectivity index (χ0) is 20.1. The van der Waals surface area contributed by atoms with Crippen LogP contribution in [0.25, 0.3) is 44.8 Å². The first kappa shape index (κ1) is 16.8. The Morgan fingerprint density at radius 2 is 1.30 bits per heavy atom. The fraction of sp³-hybridized carbons (Fsp3) is 0.0870. The number of phenolic OH excluding ortho intramolecular Hbond substituents is 1. The summed E-state index contributed by atoms with van der Waals surface area (Å²) in [4.78, 5) is 20.7. The predicted octanol–water partition coefficient (Wildman–Crippen LogP) is 3.83. The van der Waals surface area contributed by atoms with E-state index in [0.29, 0.717) is 0 Å². The zero-order valence-electron chi connectivity index (χ0n) is 16.0. The molecule has 0 saturated heterocycles. The largest absolute Gasteiger partial charge is 0.508 e. The molecule has 0 bridgehead atoms. The van der Waals surface area contributed by atoms with E-state index in [1.165, 1.54) is 0 Å². The van der Waals surface area contributed by atoms with E-state index in [0.717, 1.165) is 69.3 Å². The third kappa shape index (κ3) is 2.79. The molecule has 0 unspecified atom stereocenters. The van der Waals surface area contributed by atoms with E-state index >= 15 is 0 Å². The van der Waals surface area contributed by atoms with Gasteiger partial charge in [0.25, 0.3) is 0 Å². The molecule has 3 heterocycles. The minimum atomic E-state index is 0.237. The van der Waals surface area contributed by atoms with Crippen molar-refractivity contribution in [3.63, 3.8) is 0 Å². The van der Waals surface area contributed by atoms with Crippen molar-refractivity contribution in [1.29, 1.82) is 0 Å². The van der Waals surface area contributed by atoms with Gasteiger partial charge in [0.1, 0.15) is 23.2 Å². The Morgan fingerprint density at radius 1 is 0.700 bits per heavy atom. The summed E-state index contributed by atoms with van der Waals surface area (Å²) < 4.78 is 0. The Bertz CT molecular complexity index is 1430. The summed E-state index contributed by atoms with van der Waals surface area (Å²) in [5.41, 5.74) is 6.68. The third-order valence-corrected chi connectivity index (χ3v) is 5.33. The van der Waals surface area contributed by atoms with Crippen LogP contribution in [0, 0.1) is 0 Å². The number of H-pyrrole nitrogens is 2. The van der Waals surface area contributed by atoms with Crippen molar-refractivity contribution in [1.82, 2.24) is 25.3 Å². The average Bonchev–Trinajstić information content (AvgIpc) is 3.51. The minimum Gasteiger partial charge on any atom is -0.508 e. The van der Waals surface area contributed by atoms with Gasteiger partial charge < -0.3 is 20.4 Å². The van der Waals surface area contributed by atoms with Crippen LogP contribution in [0.4, 0.5) is 0 Å². The van der Waals surface area contributed by atoms with Crippen molar-refractivity contribution in [3.05, 3.63) is 66.2 Å².